The van der Waals surface area contributed by atoms with Crippen molar-refractivity contribution in [2.45, 2.75) is 130 Å². The molecule has 27 nitrogen and oxygen atoms in total. The number of aromatic amines is 3. The van der Waals surface area contributed by atoms with Gasteiger partial charge in [-0.15, -0.1) is 0 Å². The minimum Gasteiger partial charge on any atom is -0.444 e. The van der Waals surface area contributed by atoms with E-state index in [2.05, 4.69) is 103 Å². The largest absolute Gasteiger partial charge is 0.507 e. The van der Waals surface area contributed by atoms with Gasteiger partial charge in [-0.2, -0.15) is 28.8 Å². The van der Waals surface area contributed by atoms with Crippen LogP contribution in [0.1, 0.15) is 102 Å². The van der Waals surface area contributed by atoms with Gasteiger partial charge in [0.1, 0.15) is 28.3 Å². The van der Waals surface area contributed by atoms with Gasteiger partial charge in [0.15, 0.2) is 0 Å². The summed E-state index contributed by atoms with van der Waals surface area (Å²) < 4.78 is 52.1. The van der Waals surface area contributed by atoms with E-state index in [1.807, 2.05) is 92.6 Å². The number of aromatic nitrogens is 12. The second kappa shape index (κ2) is 32.3. The zero-order chi connectivity index (χ0) is 74.4. The number of benzene rings is 1. The van der Waals surface area contributed by atoms with Gasteiger partial charge < -0.3 is 47.6 Å². The highest BCUT2D eigenvalue weighted by Crippen LogP contribution is 2.55. The molecule has 540 valence electrons. The molecule has 4 aliphatic rings. The van der Waals surface area contributed by atoms with E-state index in [0.29, 0.717) is 37.6 Å². The quantitative estimate of drug-likeness (QED) is 0.0409. The van der Waals surface area contributed by atoms with E-state index < -0.39 is 28.4 Å². The Bertz CT molecular complexity index is 4790. The summed E-state index contributed by atoms with van der Waals surface area (Å²) in [5.41, 5.74) is 9.30. The van der Waals surface area contributed by atoms with Crippen molar-refractivity contribution in [3.63, 3.8) is 0 Å². The van der Waals surface area contributed by atoms with Crippen LogP contribution < -0.4 is 27.8 Å². The number of hydrogen-bond donors (Lipinski definition) is 5. The van der Waals surface area contributed by atoms with Crippen molar-refractivity contribution in [1.29, 1.82) is 0 Å². The van der Waals surface area contributed by atoms with Crippen LogP contribution in [-0.2, 0) is 52.0 Å². The summed E-state index contributed by atoms with van der Waals surface area (Å²) in [7, 11) is 1.81. The molecule has 2 spiro atoms. The highest BCUT2D eigenvalue weighted by Gasteiger charge is 2.57. The highest BCUT2D eigenvalue weighted by atomic mass is 127. The van der Waals surface area contributed by atoms with E-state index in [4.69, 9.17) is 28.8 Å². The molecule has 0 bridgehead atoms. The number of hydrogen-bond acceptors (Lipinski definition) is 17. The predicted molar refractivity (Wildman–Crippen MR) is 405 cm³/mol. The first-order chi connectivity index (χ1) is 47.2. The van der Waals surface area contributed by atoms with Gasteiger partial charge >= 0.3 is 19.3 Å². The first kappa shape index (κ1) is 78.9. The molecule has 2 saturated carbocycles. The van der Waals surface area contributed by atoms with E-state index in [1.54, 1.807) is 119 Å². The van der Waals surface area contributed by atoms with E-state index >= 15 is 0 Å². The Labute approximate surface area is 621 Å². The van der Waals surface area contributed by atoms with Gasteiger partial charge in [0.2, 0.25) is 0 Å². The number of aryl methyl sites for hydroxylation is 4. The first-order valence-corrected chi connectivity index (χ1v) is 36.7. The summed E-state index contributed by atoms with van der Waals surface area (Å²) >= 11 is 7.75. The predicted octanol–water partition coefficient (Wildman–Crippen LogP) is 9.15. The molecule has 2 amide bonds. The summed E-state index contributed by atoms with van der Waals surface area (Å²) in [5.74, 6) is 0. The maximum absolute atomic E-state index is 12.3. The number of carbonyl (C=O) groups excluding carboxylic acids is 2. The van der Waals surface area contributed by atoms with Crippen molar-refractivity contribution in [3.8, 4) is 34.2 Å². The van der Waals surface area contributed by atoms with E-state index in [-0.39, 0.29) is 56.3 Å². The minimum absolute atomic E-state index is 0.00405. The average Bonchev–Trinajstić information content (AvgIpc) is 1.49. The zero-order valence-corrected chi connectivity index (χ0v) is 65.8. The molecule has 32 heteroatoms. The maximum Gasteiger partial charge on any atom is 0.507 e. The van der Waals surface area contributed by atoms with Crippen molar-refractivity contribution in [3.05, 3.63) is 191 Å². The van der Waals surface area contributed by atoms with Crippen LogP contribution in [0.3, 0.4) is 0 Å². The van der Waals surface area contributed by atoms with Gasteiger partial charge in [-0.1, -0.05) is 42.0 Å². The fourth-order valence-electron chi connectivity index (χ4n) is 11.7. The molecular weight excluding hydrogens is 1610 g/mol. The standard InChI is InChI=1S/C21H27IN4O3.C18H25NO5S.C10H10IN3O.C10H11N3O.C6H6BrNO.C4H7BN2O2/c1-13-17(22)18(15-7-6-8-16(27)24(15)5)23-26(13)14-9-21(10-14)11-25(12-21)19(28)29-20(2,3)4;1-13-5-7-15(8-6-13)25(21,22)24-14-9-18(10-14)11-19(12-18)16(20)23-17(2,3)4;1-6-9(11)10(13-12-6)7-4-3-5-8(15)14(7)2;1-7-6-8(12-11-7)9-4-3-5-10(14)13(9)2;1-8-5(7)3-2-4-6(8)9;1-3-2-4(5(8)9)7-6-3/h6-8,14H,9-12H2,1-5H3;5-8,14H,9-12H2,1-4H3;3-5H,1-2H3,(H,12,13);3-6H,1-2H3,(H,11,12);2-4H,1H3;2,8-9H,1H3,(H,6,7). The van der Waals surface area contributed by atoms with Crippen LogP contribution in [0.5, 0.6) is 0 Å². The molecule has 9 aromatic rings. The Balaban J connectivity index is 0.000000162. The summed E-state index contributed by atoms with van der Waals surface area (Å²) in [5, 5.41) is 42.1. The van der Waals surface area contributed by atoms with Crippen LogP contribution in [0.2, 0.25) is 0 Å². The van der Waals surface area contributed by atoms with Crippen molar-refractivity contribution >= 4 is 96.1 Å². The van der Waals surface area contributed by atoms with Crippen LogP contribution in [-0.4, -0.2) is 150 Å². The number of likely N-dealkylation sites (tertiary alicyclic amines) is 2. The lowest BCUT2D eigenvalue weighted by molar-refractivity contribution is -0.115. The van der Waals surface area contributed by atoms with Crippen LogP contribution in [0, 0.1) is 52.6 Å². The monoisotopic (exact) mass is 1690 g/mol. The molecule has 0 unspecified atom stereocenters. The summed E-state index contributed by atoms with van der Waals surface area (Å²) in [6.45, 7) is 23.5. The van der Waals surface area contributed by atoms with Crippen LogP contribution in [0.4, 0.5) is 9.59 Å². The van der Waals surface area contributed by atoms with Crippen LogP contribution in [0.25, 0.3) is 34.2 Å². The summed E-state index contributed by atoms with van der Waals surface area (Å²) in [4.78, 5) is 73.4. The number of nitrogens with zero attached hydrogens (tertiary/aromatic N) is 11. The minimum atomic E-state index is -3.73. The molecule has 13 rings (SSSR count). The number of nitrogens with one attached hydrogen (secondary N) is 3. The van der Waals surface area contributed by atoms with Crippen molar-refractivity contribution in [2.75, 3.05) is 26.2 Å². The SMILES string of the molecule is Cc1[nH]nc(-c2cccc(=O)n2C)c1I.Cc1c(I)c(-c2cccc(=O)n2C)nn1C1CC2(C1)CN(C(=O)OC(C)(C)C)C2.Cc1cc(-c2cccc(=O)n2C)n[nH]1.Cc1cc(B(O)O)[nH]n1.Cc1ccc(S(=O)(=O)OC2CC3(C2)CN(C(=O)OC(C)(C)C)C3)cc1.Cn1c(Br)cccc1=O. The maximum atomic E-state index is 12.3. The average molecular weight is 1700 g/mol. The van der Waals surface area contributed by atoms with Gasteiger partial charge in [-0.25, -0.2) is 9.59 Å². The molecule has 2 saturated heterocycles. The van der Waals surface area contributed by atoms with Gasteiger partial charge in [0.25, 0.3) is 32.4 Å². The third-order valence-corrected chi connectivity index (χ3v) is 21.9. The summed E-state index contributed by atoms with van der Waals surface area (Å²) in [6.07, 6.45) is 2.48. The number of rotatable bonds is 8. The van der Waals surface area contributed by atoms with E-state index in [9.17, 15) is 37.2 Å². The molecule has 10 heterocycles. The first-order valence-electron chi connectivity index (χ1n) is 32.3. The smallest absolute Gasteiger partial charge is 0.444 e. The molecule has 0 atom stereocenters. The van der Waals surface area contributed by atoms with Crippen molar-refractivity contribution in [2.24, 2.45) is 39.0 Å². The second-order valence-corrected chi connectivity index (χ2v) is 32.3. The van der Waals surface area contributed by atoms with Gasteiger partial charge in [-0.3, -0.25) is 43.3 Å². The third kappa shape index (κ3) is 19.9. The number of pyridine rings is 4. The third-order valence-electron chi connectivity index (χ3n) is 17.1. The number of carbonyl (C=O) groups is 2. The number of ether oxygens (including phenoxy) is 2. The molecule has 2 aliphatic heterocycles. The number of halogens is 3. The van der Waals surface area contributed by atoms with Gasteiger partial charge in [0.05, 0.1) is 57.2 Å². The Morgan fingerprint density at radius 2 is 1.06 bits per heavy atom. The van der Waals surface area contributed by atoms with Crippen molar-refractivity contribution in [1.82, 2.24) is 68.4 Å². The molecule has 8 aromatic heterocycles. The van der Waals surface area contributed by atoms with Gasteiger partial charge in [-0.05, 0) is 211 Å². The molecule has 101 heavy (non-hydrogen) atoms. The Morgan fingerprint density at radius 1 is 0.594 bits per heavy atom. The number of amides is 2. The zero-order valence-electron chi connectivity index (χ0n) is 59.1. The highest BCUT2D eigenvalue weighted by molar-refractivity contribution is 14.1. The fraction of sp³-hybridized carbons (Fsp3) is 0.420. The lowest BCUT2D eigenvalue weighted by Gasteiger charge is -2.58. The normalized spacial score (nSPS) is 15.5. The Hall–Kier alpha value is -7.77. The number of H-pyrrole nitrogens is 3. The molecule has 0 radical (unpaired) electrons. The lowest BCUT2D eigenvalue weighted by atomic mass is 9.61. The van der Waals surface area contributed by atoms with Crippen LogP contribution >= 0.6 is 61.1 Å². The molecule has 1 aromatic carbocycles. The molecule has 2 aliphatic carbocycles. The van der Waals surface area contributed by atoms with E-state index in [1.165, 1.54) is 22.8 Å². The van der Waals surface area contributed by atoms with Crippen molar-refractivity contribution < 1.29 is 41.7 Å². The molecular formula is C69H86BBrI2N14O13S. The Morgan fingerprint density at radius 3 is 1.48 bits per heavy atom. The lowest BCUT2D eigenvalue weighted by Crippen LogP contribution is -2.65. The second-order valence-electron chi connectivity index (χ2n) is 27.8. The topological polar surface area (TPSA) is 335 Å². The van der Waals surface area contributed by atoms with Crippen LogP contribution in [0.15, 0.2) is 138 Å². The van der Waals surface area contributed by atoms with E-state index in [0.717, 1.165) is 100 Å². The summed E-state index contributed by atoms with van der Waals surface area (Å²) in [6, 6.07) is 31.1. The molecule has 4 fully saturated rings. The Kier molecular flexibility index (Phi) is 25.2. The van der Waals surface area contributed by atoms with Gasteiger partial charge in [0, 0.05) is 107 Å². The fourth-order valence-corrected chi connectivity index (χ4v) is 14.2. The molecule has 5 N–H and O–H groups in total.